The zero-order chi connectivity index (χ0) is 13.5. The van der Waals surface area contributed by atoms with Gasteiger partial charge in [-0.3, -0.25) is 9.00 Å². The molecule has 0 aliphatic rings. The van der Waals surface area contributed by atoms with Crippen molar-refractivity contribution < 1.29 is 8.95 Å². The number of nitrogens with one attached hydrogen (secondary N) is 1. The van der Waals surface area contributed by atoms with Crippen LogP contribution in [0.3, 0.4) is 0 Å². The summed E-state index contributed by atoms with van der Waals surface area (Å²) < 4.78 is 17.0. The van der Waals surface area contributed by atoms with Crippen molar-refractivity contribution in [1.82, 2.24) is 4.98 Å². The van der Waals surface area contributed by atoms with Crippen LogP contribution >= 0.6 is 0 Å². The molecule has 0 fully saturated rings. The molecule has 0 aliphatic heterocycles. The van der Waals surface area contributed by atoms with Crippen LogP contribution in [0.2, 0.25) is 0 Å². The van der Waals surface area contributed by atoms with E-state index in [1.54, 1.807) is 0 Å². The Balaban J connectivity index is 2.69. The molecule has 1 aromatic rings. The van der Waals surface area contributed by atoms with Crippen LogP contribution in [0.25, 0.3) is 0 Å². The number of H-pyrrole nitrogens is 1. The Labute approximate surface area is 110 Å². The van der Waals surface area contributed by atoms with Gasteiger partial charge >= 0.3 is 0 Å². The van der Waals surface area contributed by atoms with Crippen LogP contribution in [0.1, 0.15) is 26.0 Å². The SMILES string of the molecule is C=C(C)CS(=O)Cc1cc(=O)c(OCCC)c[nH]1. The summed E-state index contributed by atoms with van der Waals surface area (Å²) in [6, 6.07) is 1.45. The zero-order valence-corrected chi connectivity index (χ0v) is 11.6. The molecule has 1 heterocycles. The first-order valence-corrected chi connectivity index (χ1v) is 7.35. The largest absolute Gasteiger partial charge is 0.488 e. The third kappa shape index (κ3) is 4.87. The normalized spacial score (nSPS) is 12.1. The quantitative estimate of drug-likeness (QED) is 0.770. The molecule has 0 aliphatic carbocycles. The minimum absolute atomic E-state index is 0.176. The molecule has 18 heavy (non-hydrogen) atoms. The first kappa shape index (κ1) is 14.7. The lowest BCUT2D eigenvalue weighted by Gasteiger charge is -2.06. The standard InChI is InChI=1S/C13H19NO3S/c1-4-5-17-13-7-14-11(6-12(13)15)9-18(16)8-10(2)3/h6-7H,2,4-5,8-9H2,1,3H3,(H,14,15). The fourth-order valence-corrected chi connectivity index (χ4v) is 2.57. The van der Waals surface area contributed by atoms with E-state index in [0.29, 0.717) is 29.6 Å². The fourth-order valence-electron chi connectivity index (χ4n) is 1.41. The lowest BCUT2D eigenvalue weighted by molar-refractivity contribution is 0.313. The van der Waals surface area contributed by atoms with E-state index in [1.807, 2.05) is 13.8 Å². The third-order valence-corrected chi connectivity index (χ3v) is 3.57. The van der Waals surface area contributed by atoms with Gasteiger partial charge in [-0.25, -0.2) is 0 Å². The van der Waals surface area contributed by atoms with E-state index in [4.69, 9.17) is 4.74 Å². The number of ether oxygens (including phenoxy) is 1. The molecule has 0 aromatic carbocycles. The van der Waals surface area contributed by atoms with Crippen LogP contribution in [-0.4, -0.2) is 21.6 Å². The third-order valence-electron chi connectivity index (χ3n) is 2.12. The van der Waals surface area contributed by atoms with Crippen LogP contribution in [-0.2, 0) is 16.6 Å². The number of hydrogen-bond donors (Lipinski definition) is 1. The molecule has 100 valence electrons. The molecule has 0 radical (unpaired) electrons. The van der Waals surface area contributed by atoms with Gasteiger partial charge in [-0.05, 0) is 13.3 Å². The Morgan fingerprint density at radius 1 is 1.56 bits per heavy atom. The maximum Gasteiger partial charge on any atom is 0.223 e. The first-order chi connectivity index (χ1) is 8.52. The summed E-state index contributed by atoms with van der Waals surface area (Å²) in [7, 11) is -1.03. The van der Waals surface area contributed by atoms with Crippen LogP contribution in [0.5, 0.6) is 5.75 Å². The zero-order valence-electron chi connectivity index (χ0n) is 10.8. The van der Waals surface area contributed by atoms with Crippen molar-refractivity contribution in [2.75, 3.05) is 12.4 Å². The Morgan fingerprint density at radius 3 is 2.83 bits per heavy atom. The Kier molecular flexibility index (Phi) is 5.85. The predicted octanol–water partition coefficient (Wildman–Crippen LogP) is 1.99. The highest BCUT2D eigenvalue weighted by atomic mass is 32.2. The molecule has 5 heteroatoms. The predicted molar refractivity (Wildman–Crippen MR) is 74.4 cm³/mol. The minimum atomic E-state index is -1.03. The summed E-state index contributed by atoms with van der Waals surface area (Å²) in [5, 5.41) is 0. The molecule has 4 nitrogen and oxygen atoms in total. The monoisotopic (exact) mass is 269 g/mol. The number of aromatic nitrogens is 1. The van der Waals surface area contributed by atoms with Gasteiger partial charge in [0.15, 0.2) is 5.75 Å². The van der Waals surface area contributed by atoms with Gasteiger partial charge in [-0.2, -0.15) is 0 Å². The van der Waals surface area contributed by atoms with Crippen molar-refractivity contribution in [2.45, 2.75) is 26.0 Å². The van der Waals surface area contributed by atoms with Crippen molar-refractivity contribution in [3.63, 3.8) is 0 Å². The summed E-state index contributed by atoms with van der Waals surface area (Å²) in [6.45, 7) is 8.05. The molecule has 0 spiro atoms. The highest BCUT2D eigenvalue weighted by Gasteiger charge is 2.06. The summed E-state index contributed by atoms with van der Waals surface area (Å²) >= 11 is 0. The smallest absolute Gasteiger partial charge is 0.223 e. The van der Waals surface area contributed by atoms with E-state index >= 15 is 0 Å². The average Bonchev–Trinajstić information content (AvgIpc) is 2.26. The van der Waals surface area contributed by atoms with Gasteiger partial charge in [-0.15, -0.1) is 0 Å². The Bertz CT molecular complexity index is 493. The molecular formula is C13H19NO3S. The Morgan fingerprint density at radius 2 is 2.28 bits per heavy atom. The van der Waals surface area contributed by atoms with Gasteiger partial charge in [0.25, 0.3) is 0 Å². The lowest BCUT2D eigenvalue weighted by Crippen LogP contribution is -2.11. The first-order valence-electron chi connectivity index (χ1n) is 5.86. The van der Waals surface area contributed by atoms with Gasteiger partial charge in [0.2, 0.25) is 5.43 Å². The summed E-state index contributed by atoms with van der Waals surface area (Å²) in [4.78, 5) is 14.6. The van der Waals surface area contributed by atoms with Crippen molar-refractivity contribution >= 4 is 10.8 Å². The van der Waals surface area contributed by atoms with E-state index in [1.165, 1.54) is 12.3 Å². The van der Waals surface area contributed by atoms with Gasteiger partial charge in [0, 0.05) is 34.5 Å². The molecule has 0 bridgehead atoms. The van der Waals surface area contributed by atoms with Gasteiger partial charge in [0.1, 0.15) is 0 Å². The van der Waals surface area contributed by atoms with E-state index in [0.717, 1.165) is 12.0 Å². The highest BCUT2D eigenvalue weighted by molar-refractivity contribution is 7.84. The molecule has 1 rings (SSSR count). The molecular weight excluding hydrogens is 250 g/mol. The molecule has 0 amide bonds. The summed E-state index contributed by atoms with van der Waals surface area (Å²) in [6.07, 6.45) is 2.38. The van der Waals surface area contributed by atoms with Crippen molar-refractivity contribution in [3.05, 3.63) is 40.3 Å². The molecule has 1 unspecified atom stereocenters. The van der Waals surface area contributed by atoms with Crippen LogP contribution in [0.15, 0.2) is 29.2 Å². The topological polar surface area (TPSA) is 59.2 Å². The maximum absolute atomic E-state index is 11.7. The number of pyridine rings is 1. The minimum Gasteiger partial charge on any atom is -0.488 e. The second kappa shape index (κ2) is 7.16. The molecule has 1 atom stereocenters. The number of aromatic amines is 1. The van der Waals surface area contributed by atoms with Crippen LogP contribution < -0.4 is 10.2 Å². The number of rotatable bonds is 7. The van der Waals surface area contributed by atoms with E-state index in [-0.39, 0.29) is 5.43 Å². The molecule has 0 saturated heterocycles. The van der Waals surface area contributed by atoms with Crippen molar-refractivity contribution in [2.24, 2.45) is 0 Å². The van der Waals surface area contributed by atoms with Gasteiger partial charge in [-0.1, -0.05) is 19.1 Å². The van der Waals surface area contributed by atoms with E-state index in [2.05, 4.69) is 11.6 Å². The Hall–Kier alpha value is -1.36. The number of hydrogen-bond acceptors (Lipinski definition) is 3. The fraction of sp³-hybridized carbons (Fsp3) is 0.462. The second-order valence-electron chi connectivity index (χ2n) is 4.22. The highest BCUT2D eigenvalue weighted by Crippen LogP contribution is 2.06. The molecule has 0 saturated carbocycles. The van der Waals surface area contributed by atoms with Crippen molar-refractivity contribution in [1.29, 1.82) is 0 Å². The van der Waals surface area contributed by atoms with Crippen LogP contribution in [0.4, 0.5) is 0 Å². The second-order valence-corrected chi connectivity index (χ2v) is 5.68. The molecule has 1 N–H and O–H groups in total. The lowest BCUT2D eigenvalue weighted by atomic mass is 10.3. The molecule has 1 aromatic heterocycles. The van der Waals surface area contributed by atoms with Crippen LogP contribution in [0, 0.1) is 0 Å². The van der Waals surface area contributed by atoms with Gasteiger partial charge < -0.3 is 9.72 Å². The van der Waals surface area contributed by atoms with E-state index in [9.17, 15) is 9.00 Å². The average molecular weight is 269 g/mol. The van der Waals surface area contributed by atoms with Crippen molar-refractivity contribution in [3.8, 4) is 5.75 Å². The maximum atomic E-state index is 11.7. The van der Waals surface area contributed by atoms with Gasteiger partial charge in [0.05, 0.1) is 12.4 Å². The summed E-state index contributed by atoms with van der Waals surface area (Å²) in [5.74, 6) is 1.10. The summed E-state index contributed by atoms with van der Waals surface area (Å²) in [5.41, 5.74) is 1.35. The van der Waals surface area contributed by atoms with E-state index < -0.39 is 10.8 Å².